The van der Waals surface area contributed by atoms with E-state index in [-0.39, 0.29) is 79.4 Å². The molecule has 3 aromatic rings. The number of hydrogen-bond acceptors (Lipinski definition) is 5. The van der Waals surface area contributed by atoms with Crippen molar-refractivity contribution in [2.45, 2.75) is 51.1 Å². The summed E-state index contributed by atoms with van der Waals surface area (Å²) in [5, 5.41) is 2.84. The van der Waals surface area contributed by atoms with Crippen LogP contribution in [0.15, 0.2) is 17.1 Å². The van der Waals surface area contributed by atoms with Gasteiger partial charge in [0.05, 0.1) is 17.7 Å². The molecule has 0 bridgehead atoms. The molecular formula is C24H24AcF2N3O3S-. The predicted octanol–water partition coefficient (Wildman–Crippen LogP) is 5.80. The third kappa shape index (κ3) is 4.15. The monoisotopic (exact) mass is 699 g/mol. The molecule has 1 aromatic carbocycles. The molecule has 1 radical (unpaired) electrons. The van der Waals surface area contributed by atoms with Gasteiger partial charge in [-0.05, 0) is 57.7 Å². The summed E-state index contributed by atoms with van der Waals surface area (Å²) in [6.45, 7) is 1.67. The Hall–Kier alpha value is -1.34. The number of hydrogen-bond donors (Lipinski definition) is 1. The summed E-state index contributed by atoms with van der Waals surface area (Å²) in [5.74, 6) is -2.80. The fraction of sp³-hybridized carbons (Fsp3) is 0.417. The first-order valence-corrected chi connectivity index (χ1v) is 12.0. The topological polar surface area (TPSA) is 84.1 Å². The number of rotatable bonds is 5. The molecule has 1 atom stereocenters. The number of aryl methyl sites for hydroxylation is 1. The summed E-state index contributed by atoms with van der Waals surface area (Å²) in [7, 11) is 1.87. The molecule has 2 aliphatic carbocycles. The zero-order chi connectivity index (χ0) is 23.4. The average molecular weight is 700 g/mol. The Kier molecular flexibility index (Phi) is 7.54. The Morgan fingerprint density at radius 2 is 2.03 bits per heavy atom. The molecule has 1 fully saturated rings. The Morgan fingerprint density at radius 1 is 1.29 bits per heavy atom. The normalized spacial score (nSPS) is 17.4. The van der Waals surface area contributed by atoms with Crippen molar-refractivity contribution < 1.29 is 62.4 Å². The molecule has 0 saturated heterocycles. The summed E-state index contributed by atoms with van der Waals surface area (Å²) in [6, 6.07) is 1.83. The van der Waals surface area contributed by atoms with Crippen molar-refractivity contribution in [2.24, 2.45) is 0 Å². The van der Waals surface area contributed by atoms with Gasteiger partial charge in [-0.3, -0.25) is 4.79 Å². The number of benzene rings is 1. The summed E-state index contributed by atoms with van der Waals surface area (Å²) in [4.78, 5) is 26.9. The van der Waals surface area contributed by atoms with Crippen LogP contribution in [0.3, 0.4) is 0 Å². The molecule has 5 rings (SSSR count). The van der Waals surface area contributed by atoms with Crippen molar-refractivity contribution in [3.8, 4) is 10.4 Å². The molecule has 10 heteroatoms. The molecule has 2 aromatic heterocycles. The van der Waals surface area contributed by atoms with E-state index in [0.717, 1.165) is 42.5 Å². The van der Waals surface area contributed by atoms with Crippen LogP contribution in [0, 0.1) is 55.7 Å². The van der Waals surface area contributed by atoms with Crippen molar-refractivity contribution in [1.82, 2.24) is 9.88 Å². The van der Waals surface area contributed by atoms with Crippen LogP contribution in [-0.4, -0.2) is 24.2 Å². The first-order chi connectivity index (χ1) is 15.9. The van der Waals surface area contributed by atoms with Crippen LogP contribution in [0.4, 0.5) is 14.5 Å². The second-order valence-electron chi connectivity index (χ2n) is 8.57. The minimum absolute atomic E-state index is 0. The van der Waals surface area contributed by atoms with Crippen LogP contribution >= 0.6 is 11.3 Å². The fourth-order valence-corrected chi connectivity index (χ4v) is 6.10. The molecule has 2 heterocycles. The predicted molar refractivity (Wildman–Crippen MR) is 124 cm³/mol. The van der Waals surface area contributed by atoms with Gasteiger partial charge in [0.2, 0.25) is 5.43 Å². The van der Waals surface area contributed by atoms with Gasteiger partial charge in [0.25, 0.3) is 0 Å². The van der Waals surface area contributed by atoms with E-state index >= 15 is 8.78 Å². The largest absolute Gasteiger partial charge is 0.696 e. The Bertz CT molecular complexity index is 1350. The quantitative estimate of drug-likeness (QED) is 0.342. The molecular weight excluding hydrogens is 675 g/mol. The van der Waals surface area contributed by atoms with Crippen LogP contribution in [0.5, 0.6) is 0 Å². The third-order valence-corrected chi connectivity index (χ3v) is 7.79. The minimum atomic E-state index is -1.08. The van der Waals surface area contributed by atoms with Crippen LogP contribution < -0.4 is 10.7 Å². The second kappa shape index (κ2) is 9.96. The van der Waals surface area contributed by atoms with Gasteiger partial charge in [-0.15, -0.1) is 11.3 Å². The van der Waals surface area contributed by atoms with E-state index in [4.69, 9.17) is 10.5 Å². The first-order valence-electron chi connectivity index (χ1n) is 11.2. The van der Waals surface area contributed by atoms with Crippen LogP contribution in [0.2, 0.25) is 0 Å². The fourth-order valence-electron chi connectivity index (χ4n) is 4.71. The molecule has 0 aliphatic heterocycles. The maximum atomic E-state index is 16.0. The molecule has 34 heavy (non-hydrogen) atoms. The van der Waals surface area contributed by atoms with Gasteiger partial charge in [-0.25, -0.2) is 13.6 Å². The second-order valence-corrected chi connectivity index (χ2v) is 9.65. The Balaban J connectivity index is 0.00000274. The number of thiophene rings is 1. The van der Waals surface area contributed by atoms with E-state index in [0.29, 0.717) is 4.88 Å². The van der Waals surface area contributed by atoms with Crippen molar-refractivity contribution in [1.29, 1.82) is 0 Å². The van der Waals surface area contributed by atoms with E-state index in [1.54, 1.807) is 6.92 Å². The number of aromatic nitrogens is 1. The van der Waals surface area contributed by atoms with Gasteiger partial charge in [0.1, 0.15) is 11.4 Å². The number of pyridine rings is 1. The van der Waals surface area contributed by atoms with Crippen molar-refractivity contribution in [3.05, 3.63) is 55.9 Å². The third-order valence-electron chi connectivity index (χ3n) is 6.48. The molecule has 2 N–H and O–H groups in total. The summed E-state index contributed by atoms with van der Waals surface area (Å²) >= 11 is 1.33. The number of carbonyl (C=O) groups is 1. The van der Waals surface area contributed by atoms with Crippen molar-refractivity contribution in [3.63, 3.8) is 0 Å². The van der Waals surface area contributed by atoms with E-state index in [2.05, 4.69) is 5.32 Å². The van der Waals surface area contributed by atoms with Crippen LogP contribution in [-0.2, 0) is 11.2 Å². The van der Waals surface area contributed by atoms with Crippen LogP contribution in [0.25, 0.3) is 27.1 Å². The van der Waals surface area contributed by atoms with E-state index in [1.807, 2.05) is 13.1 Å². The Morgan fingerprint density at radius 3 is 2.68 bits per heavy atom. The molecule has 0 amide bonds. The van der Waals surface area contributed by atoms with E-state index in [9.17, 15) is 9.59 Å². The number of nitrogens with zero attached hydrogens (tertiary/aromatic N) is 1. The zero-order valence-corrected chi connectivity index (χ0v) is 24.5. The molecule has 2 aliphatic rings. The standard InChI is InChI=1S/C24H25F2N3O3S.Ac/c1-3-32-24(31)13-10-29(12-7-8-12)21-17(22(13)30)20(27)18(25)16(19(21)26)15-9-11-5-4-6-14(28-2)23(11)33-15;/h9-10,12,14,28H,3-8H2,1-2H3,(H2,27,30);/p-1. The van der Waals surface area contributed by atoms with E-state index in [1.165, 1.54) is 22.1 Å². The molecule has 6 nitrogen and oxygen atoms in total. The van der Waals surface area contributed by atoms with Gasteiger partial charge in [-0.2, -0.15) is 0 Å². The van der Waals surface area contributed by atoms with Crippen molar-refractivity contribution >= 4 is 33.9 Å². The van der Waals surface area contributed by atoms with E-state index < -0.39 is 34.1 Å². The number of ether oxygens (including phenoxy) is 1. The van der Waals surface area contributed by atoms with Gasteiger partial charge in [-0.1, -0.05) is 5.69 Å². The average Bonchev–Trinajstić information content (AvgIpc) is 3.55. The molecule has 1 unspecified atom stereocenters. The number of esters is 1. The molecule has 0 spiro atoms. The maximum absolute atomic E-state index is 16.0. The first kappa shape index (κ1) is 25.7. The number of fused-ring (bicyclic) bond motifs is 2. The summed E-state index contributed by atoms with van der Waals surface area (Å²) < 4.78 is 38.1. The Labute approximate surface area is 235 Å². The number of nitrogens with one attached hydrogen (secondary N) is 2. The van der Waals surface area contributed by atoms with Gasteiger partial charge < -0.3 is 20.4 Å². The minimum Gasteiger partial charge on any atom is -0.696 e. The summed E-state index contributed by atoms with van der Waals surface area (Å²) in [6.07, 6.45) is 5.58. The van der Waals surface area contributed by atoms with Gasteiger partial charge in [0, 0.05) is 77.5 Å². The SMILES string of the molecule is CCOC(=O)c1cn(C2CC2)c2c(F)c(-c3cc4c(s3)C(NC)CCC4)c(F)c([NH-])c2c1=O.[Ac]. The molecule has 177 valence electrons. The summed E-state index contributed by atoms with van der Waals surface area (Å²) in [5.41, 5.74) is 7.22. The van der Waals surface area contributed by atoms with Gasteiger partial charge >= 0.3 is 5.97 Å². The molecule has 1 saturated carbocycles. The number of carbonyl (C=O) groups excluding carboxylic acids is 1. The number of halogens is 2. The zero-order valence-electron chi connectivity index (χ0n) is 19.0. The smallest absolute Gasteiger partial charge is 0.343 e. The van der Waals surface area contributed by atoms with Gasteiger partial charge in [0.15, 0.2) is 5.82 Å². The van der Waals surface area contributed by atoms with Crippen molar-refractivity contribution in [2.75, 3.05) is 13.7 Å². The maximum Gasteiger partial charge on any atom is 0.343 e. The van der Waals surface area contributed by atoms with Crippen LogP contribution in [0.1, 0.15) is 65.5 Å².